The number of carbonyl (C=O) groups is 1. The predicted octanol–water partition coefficient (Wildman–Crippen LogP) is 12.8. The van der Waals surface area contributed by atoms with Crippen LogP contribution in [0.2, 0.25) is 38.8 Å². The van der Waals surface area contributed by atoms with Crippen molar-refractivity contribution >= 4 is 28.3 Å². The zero-order valence-electron chi connectivity index (χ0n) is 32.8. The van der Waals surface area contributed by atoms with Crippen LogP contribution in [0.15, 0.2) is 66.7 Å². The molecule has 10 heteroatoms. The largest absolute Gasteiger partial charge is 0.494 e. The van der Waals surface area contributed by atoms with Gasteiger partial charge in [-0.05, 0) is 119 Å². The molecule has 3 aromatic carbocycles. The van der Waals surface area contributed by atoms with Gasteiger partial charge >= 0.3 is 11.7 Å². The summed E-state index contributed by atoms with van der Waals surface area (Å²) in [6.07, 6.45) is 15.5. The Labute approximate surface area is 315 Å². The Balaban J connectivity index is 1.44. The molecule has 0 aliphatic rings. The highest BCUT2D eigenvalue weighted by atomic mass is 28.4. The van der Waals surface area contributed by atoms with Crippen LogP contribution in [0.5, 0.6) is 17.2 Å². The lowest BCUT2D eigenvalue weighted by molar-refractivity contribution is -0.386. The summed E-state index contributed by atoms with van der Waals surface area (Å²) in [5, 5.41) is 12.0. The van der Waals surface area contributed by atoms with Crippen molar-refractivity contribution in [3.05, 3.63) is 82.4 Å². The monoisotopic (exact) mass is 749 g/mol. The van der Waals surface area contributed by atoms with Gasteiger partial charge in [0.2, 0.25) is 0 Å². The molecule has 0 aliphatic carbocycles. The molecular weight excluding hydrogens is 687 g/mol. The number of nitro groups is 1. The number of benzene rings is 3. The van der Waals surface area contributed by atoms with Crippen LogP contribution in [0.3, 0.4) is 0 Å². The van der Waals surface area contributed by atoms with Gasteiger partial charge in [-0.1, -0.05) is 89.3 Å². The fourth-order valence-electron chi connectivity index (χ4n) is 6.43. The lowest BCUT2D eigenvalue weighted by Gasteiger charge is -2.31. The second kappa shape index (κ2) is 21.9. The molecule has 286 valence electrons. The van der Waals surface area contributed by atoms with Gasteiger partial charge in [-0.15, -0.1) is 0 Å². The maximum absolute atomic E-state index is 12.8. The van der Waals surface area contributed by atoms with E-state index in [0.29, 0.717) is 23.5 Å². The molecule has 0 heterocycles. The summed E-state index contributed by atoms with van der Waals surface area (Å²) < 4.78 is 24.0. The average Bonchev–Trinajstić information content (AvgIpc) is 3.09. The minimum atomic E-state index is -1.69. The Morgan fingerprint density at radius 3 is 1.90 bits per heavy atom. The van der Waals surface area contributed by atoms with E-state index in [1.807, 2.05) is 13.0 Å². The Morgan fingerprint density at radius 1 is 0.731 bits per heavy atom. The zero-order chi connectivity index (χ0) is 38.0. The first-order valence-electron chi connectivity index (χ1n) is 19.5. The standard InChI is InChI=1S/C42H63NO7Si2/c1-8-9-10-11-12-13-14-15-16-18-31-47-38-26-23-36(24-27-38)42(44)49-39-28-21-35(22-29-39)37-25-30-41(40(33-37)43(45)46)48-34(2)20-17-19-32-52(6,7)50-51(3,4)5/h21-30,33-34H,8-20,31-32H2,1-7H3/t34-/m0/s1. The number of nitro benzene ring substituents is 1. The number of hydrogen-bond donors (Lipinski definition) is 0. The normalized spacial score (nSPS) is 12.4. The average molecular weight is 750 g/mol. The zero-order valence-corrected chi connectivity index (χ0v) is 34.8. The summed E-state index contributed by atoms with van der Waals surface area (Å²) in [4.78, 5) is 24.4. The molecule has 0 saturated heterocycles. The van der Waals surface area contributed by atoms with Gasteiger partial charge in [-0.2, -0.15) is 0 Å². The third-order valence-corrected chi connectivity index (χ3v) is 15.2. The van der Waals surface area contributed by atoms with E-state index in [0.717, 1.165) is 43.0 Å². The van der Waals surface area contributed by atoms with E-state index >= 15 is 0 Å². The second-order valence-electron chi connectivity index (χ2n) is 15.6. The van der Waals surface area contributed by atoms with Crippen molar-refractivity contribution in [2.75, 3.05) is 6.61 Å². The van der Waals surface area contributed by atoms with Crippen LogP contribution in [0, 0.1) is 10.1 Å². The predicted molar refractivity (Wildman–Crippen MR) is 218 cm³/mol. The van der Waals surface area contributed by atoms with Gasteiger partial charge in [0.05, 0.1) is 23.2 Å². The summed E-state index contributed by atoms with van der Waals surface area (Å²) in [6.45, 7) is 16.1. The maximum atomic E-state index is 12.8. The van der Waals surface area contributed by atoms with Gasteiger partial charge in [0.1, 0.15) is 11.5 Å². The van der Waals surface area contributed by atoms with E-state index in [1.54, 1.807) is 54.6 Å². The third kappa shape index (κ3) is 16.5. The molecular formula is C42H63NO7Si2. The highest BCUT2D eigenvalue weighted by Crippen LogP contribution is 2.34. The van der Waals surface area contributed by atoms with Gasteiger partial charge in [0, 0.05) is 6.07 Å². The fourth-order valence-corrected chi connectivity index (χ4v) is 14.6. The topological polar surface area (TPSA) is 97.1 Å². The molecule has 52 heavy (non-hydrogen) atoms. The number of carbonyl (C=O) groups excluding carboxylic acids is 1. The second-order valence-corrected chi connectivity index (χ2v) is 24.6. The first-order chi connectivity index (χ1) is 24.8. The third-order valence-electron chi connectivity index (χ3n) is 8.96. The highest BCUT2D eigenvalue weighted by Gasteiger charge is 2.29. The van der Waals surface area contributed by atoms with Crippen LogP contribution in [0.4, 0.5) is 5.69 Å². The molecule has 0 unspecified atom stereocenters. The van der Waals surface area contributed by atoms with Crippen molar-refractivity contribution < 1.29 is 28.0 Å². The van der Waals surface area contributed by atoms with E-state index < -0.39 is 27.5 Å². The van der Waals surface area contributed by atoms with E-state index in [1.165, 1.54) is 63.9 Å². The summed E-state index contributed by atoms with van der Waals surface area (Å²) in [7, 11) is -3.24. The molecule has 0 saturated carbocycles. The number of ether oxygens (including phenoxy) is 3. The first-order valence-corrected chi connectivity index (χ1v) is 26.0. The molecule has 0 N–H and O–H groups in total. The minimum Gasteiger partial charge on any atom is -0.494 e. The maximum Gasteiger partial charge on any atom is 0.343 e. The number of hydrogen-bond acceptors (Lipinski definition) is 7. The molecule has 0 aromatic heterocycles. The molecule has 0 amide bonds. The molecule has 1 atom stereocenters. The minimum absolute atomic E-state index is 0.0761. The summed E-state index contributed by atoms with van der Waals surface area (Å²) in [5.74, 6) is 0.919. The quantitative estimate of drug-likeness (QED) is 0.0212. The Hall–Kier alpha value is -3.48. The lowest BCUT2D eigenvalue weighted by Crippen LogP contribution is -2.42. The SMILES string of the molecule is CCCCCCCCCCCCOc1ccc(C(=O)Oc2ccc(-c3ccc(O[C@@H](C)CCCC[Si](C)(C)O[Si](C)(C)C)c([N+](=O)[O-])c3)cc2)cc1. The molecule has 0 fully saturated rings. The number of esters is 1. The molecule has 3 aromatic rings. The van der Waals surface area contributed by atoms with E-state index in [9.17, 15) is 14.9 Å². The fraction of sp³-hybridized carbons (Fsp3) is 0.548. The lowest BCUT2D eigenvalue weighted by atomic mass is 10.0. The molecule has 0 radical (unpaired) electrons. The molecule has 0 spiro atoms. The molecule has 8 nitrogen and oxygen atoms in total. The molecule has 0 bridgehead atoms. The van der Waals surface area contributed by atoms with Gasteiger partial charge in [-0.3, -0.25) is 10.1 Å². The van der Waals surface area contributed by atoms with Crippen LogP contribution in [0.1, 0.15) is 108 Å². The van der Waals surface area contributed by atoms with Crippen LogP contribution in [-0.4, -0.2) is 40.2 Å². The summed E-state index contributed by atoms with van der Waals surface area (Å²) in [6, 6.07) is 20.1. The van der Waals surface area contributed by atoms with Crippen molar-refractivity contribution in [2.24, 2.45) is 0 Å². The van der Waals surface area contributed by atoms with Gasteiger partial charge in [0.15, 0.2) is 22.4 Å². The Morgan fingerprint density at radius 2 is 1.31 bits per heavy atom. The van der Waals surface area contributed by atoms with Crippen LogP contribution < -0.4 is 14.2 Å². The molecule has 3 rings (SSSR count). The van der Waals surface area contributed by atoms with Crippen LogP contribution >= 0.6 is 0 Å². The summed E-state index contributed by atoms with van der Waals surface area (Å²) in [5.41, 5.74) is 1.79. The summed E-state index contributed by atoms with van der Waals surface area (Å²) >= 11 is 0. The highest BCUT2D eigenvalue weighted by molar-refractivity contribution is 6.84. The number of unbranched alkanes of at least 4 members (excludes halogenated alkanes) is 10. The van der Waals surface area contributed by atoms with Gasteiger partial charge in [0.25, 0.3) is 0 Å². The van der Waals surface area contributed by atoms with E-state index in [4.69, 9.17) is 18.3 Å². The Kier molecular flexibility index (Phi) is 18.1. The van der Waals surface area contributed by atoms with Gasteiger partial charge in [-0.25, -0.2) is 4.79 Å². The van der Waals surface area contributed by atoms with Crippen LogP contribution in [-0.2, 0) is 4.12 Å². The first kappa shape index (κ1) is 42.9. The van der Waals surface area contributed by atoms with Crippen molar-refractivity contribution in [2.45, 2.75) is 142 Å². The number of rotatable bonds is 25. The van der Waals surface area contributed by atoms with Crippen molar-refractivity contribution in [1.29, 1.82) is 0 Å². The van der Waals surface area contributed by atoms with E-state index in [2.05, 4.69) is 39.7 Å². The van der Waals surface area contributed by atoms with E-state index in [-0.39, 0.29) is 17.5 Å². The molecule has 0 aliphatic heterocycles. The smallest absolute Gasteiger partial charge is 0.343 e. The van der Waals surface area contributed by atoms with Crippen molar-refractivity contribution in [3.8, 4) is 28.4 Å². The number of nitrogens with zero attached hydrogens (tertiary/aromatic N) is 1. The van der Waals surface area contributed by atoms with Gasteiger partial charge < -0.3 is 18.3 Å². The Bertz CT molecular complexity index is 1500. The van der Waals surface area contributed by atoms with Crippen LogP contribution in [0.25, 0.3) is 11.1 Å². The van der Waals surface area contributed by atoms with Crippen molar-refractivity contribution in [1.82, 2.24) is 0 Å². The van der Waals surface area contributed by atoms with Crippen molar-refractivity contribution in [3.63, 3.8) is 0 Å².